The lowest BCUT2D eigenvalue weighted by atomic mass is 9.95. The van der Waals surface area contributed by atoms with Crippen LogP contribution in [0.2, 0.25) is 0 Å². The van der Waals surface area contributed by atoms with E-state index in [0.29, 0.717) is 0 Å². The molecule has 0 aliphatic heterocycles. The summed E-state index contributed by atoms with van der Waals surface area (Å²) in [6.45, 7) is 7.65. The van der Waals surface area contributed by atoms with Crippen molar-refractivity contribution in [2.45, 2.75) is 12.8 Å². The molecule has 0 amide bonds. The number of rotatable bonds is 4. The summed E-state index contributed by atoms with van der Waals surface area (Å²) in [5, 5.41) is 2.63. The summed E-state index contributed by atoms with van der Waals surface area (Å²) < 4.78 is 0. The molecular weight excluding hydrogens is 192 g/mol. The molecule has 0 radical (unpaired) electrons. The molecule has 0 saturated heterocycles. The smallest absolute Gasteiger partial charge is 0.00911 e. The van der Waals surface area contributed by atoms with E-state index in [9.17, 15) is 0 Å². The van der Waals surface area contributed by atoms with Crippen LogP contribution < -0.4 is 0 Å². The van der Waals surface area contributed by atoms with Gasteiger partial charge in [0, 0.05) is 0 Å². The van der Waals surface area contributed by atoms with Gasteiger partial charge < -0.3 is 0 Å². The van der Waals surface area contributed by atoms with Crippen molar-refractivity contribution in [1.82, 2.24) is 0 Å². The van der Waals surface area contributed by atoms with Crippen molar-refractivity contribution >= 4 is 10.8 Å². The minimum absolute atomic E-state index is 0.921. The summed E-state index contributed by atoms with van der Waals surface area (Å²) in [7, 11) is 0. The Hall–Kier alpha value is -1.82. The Kier molecular flexibility index (Phi) is 3.21. The van der Waals surface area contributed by atoms with Crippen molar-refractivity contribution in [2.75, 3.05) is 0 Å². The molecule has 0 atom stereocenters. The van der Waals surface area contributed by atoms with Gasteiger partial charge in [0.25, 0.3) is 0 Å². The van der Waals surface area contributed by atoms with Crippen LogP contribution in [0.25, 0.3) is 10.8 Å². The SMILES string of the molecule is C=CCc1ccc2ccccc2c1CC=C. The Morgan fingerprint density at radius 1 is 0.875 bits per heavy atom. The summed E-state index contributed by atoms with van der Waals surface area (Å²) in [4.78, 5) is 0. The van der Waals surface area contributed by atoms with Crippen LogP contribution in [-0.2, 0) is 12.8 Å². The fourth-order valence-corrected chi connectivity index (χ4v) is 2.11. The van der Waals surface area contributed by atoms with Gasteiger partial charge in [-0.15, -0.1) is 13.2 Å². The molecule has 0 aliphatic rings. The van der Waals surface area contributed by atoms with Crippen molar-refractivity contribution in [3.05, 3.63) is 72.8 Å². The van der Waals surface area contributed by atoms with E-state index >= 15 is 0 Å². The largest absolute Gasteiger partial charge is 0.103 e. The lowest BCUT2D eigenvalue weighted by Crippen LogP contribution is -1.93. The highest BCUT2D eigenvalue weighted by Gasteiger charge is 2.04. The van der Waals surface area contributed by atoms with E-state index in [4.69, 9.17) is 0 Å². The van der Waals surface area contributed by atoms with Gasteiger partial charge in [-0.25, -0.2) is 0 Å². The molecule has 0 bridgehead atoms. The average molecular weight is 208 g/mol. The molecule has 0 heterocycles. The van der Waals surface area contributed by atoms with E-state index in [1.165, 1.54) is 21.9 Å². The normalized spacial score (nSPS) is 10.2. The highest BCUT2D eigenvalue weighted by molar-refractivity contribution is 5.87. The van der Waals surface area contributed by atoms with Crippen molar-refractivity contribution in [1.29, 1.82) is 0 Å². The predicted molar refractivity (Wildman–Crippen MR) is 71.8 cm³/mol. The first kappa shape index (κ1) is 10.7. The van der Waals surface area contributed by atoms with Gasteiger partial charge in [-0.1, -0.05) is 48.6 Å². The Morgan fingerprint density at radius 3 is 2.38 bits per heavy atom. The van der Waals surface area contributed by atoms with Crippen LogP contribution in [0.1, 0.15) is 11.1 Å². The first-order valence-electron chi connectivity index (χ1n) is 5.58. The first-order chi connectivity index (χ1) is 7.86. The van der Waals surface area contributed by atoms with Crippen LogP contribution in [0.3, 0.4) is 0 Å². The lowest BCUT2D eigenvalue weighted by molar-refractivity contribution is 1.18. The predicted octanol–water partition coefficient (Wildman–Crippen LogP) is 4.30. The van der Waals surface area contributed by atoms with Crippen LogP contribution in [0.15, 0.2) is 61.7 Å². The van der Waals surface area contributed by atoms with Gasteiger partial charge in [0.1, 0.15) is 0 Å². The minimum atomic E-state index is 0.921. The zero-order chi connectivity index (χ0) is 11.4. The van der Waals surface area contributed by atoms with Gasteiger partial charge in [-0.05, 0) is 34.7 Å². The standard InChI is InChI=1S/C16H16/c1-3-7-13-11-12-14-9-5-6-10-16(14)15(13)8-4-2/h3-6,9-12H,1-2,7-8H2. The van der Waals surface area contributed by atoms with Crippen molar-refractivity contribution in [3.8, 4) is 0 Å². The number of fused-ring (bicyclic) bond motifs is 1. The van der Waals surface area contributed by atoms with E-state index in [2.05, 4.69) is 49.6 Å². The third-order valence-electron chi connectivity index (χ3n) is 2.85. The van der Waals surface area contributed by atoms with E-state index in [-0.39, 0.29) is 0 Å². The summed E-state index contributed by atoms with van der Waals surface area (Å²) in [5.41, 5.74) is 2.74. The van der Waals surface area contributed by atoms with E-state index < -0.39 is 0 Å². The molecule has 16 heavy (non-hydrogen) atoms. The third-order valence-corrected chi connectivity index (χ3v) is 2.85. The van der Waals surface area contributed by atoms with Crippen LogP contribution in [0, 0.1) is 0 Å². The summed E-state index contributed by atoms with van der Waals surface area (Å²) in [5.74, 6) is 0. The second kappa shape index (κ2) is 4.80. The average Bonchev–Trinajstić information content (AvgIpc) is 2.32. The molecule has 2 aromatic carbocycles. The van der Waals surface area contributed by atoms with Gasteiger partial charge in [-0.3, -0.25) is 0 Å². The van der Waals surface area contributed by atoms with Gasteiger partial charge in [0.05, 0.1) is 0 Å². The lowest BCUT2D eigenvalue weighted by Gasteiger charge is -2.10. The second-order valence-electron chi connectivity index (χ2n) is 3.91. The Balaban J connectivity index is 2.67. The van der Waals surface area contributed by atoms with Crippen molar-refractivity contribution in [2.24, 2.45) is 0 Å². The van der Waals surface area contributed by atoms with Crippen molar-refractivity contribution < 1.29 is 0 Å². The zero-order valence-corrected chi connectivity index (χ0v) is 9.45. The maximum Gasteiger partial charge on any atom is -0.00911 e. The maximum atomic E-state index is 3.84. The van der Waals surface area contributed by atoms with Crippen LogP contribution in [-0.4, -0.2) is 0 Å². The molecule has 0 N–H and O–H groups in total. The minimum Gasteiger partial charge on any atom is -0.103 e. The summed E-state index contributed by atoms with van der Waals surface area (Å²) in [6, 6.07) is 12.9. The fourth-order valence-electron chi connectivity index (χ4n) is 2.11. The van der Waals surface area contributed by atoms with Crippen LogP contribution >= 0.6 is 0 Å². The molecule has 0 nitrogen and oxygen atoms in total. The molecule has 0 aliphatic carbocycles. The topological polar surface area (TPSA) is 0 Å². The summed E-state index contributed by atoms with van der Waals surface area (Å²) >= 11 is 0. The van der Waals surface area contributed by atoms with E-state index in [0.717, 1.165) is 12.8 Å². The number of hydrogen-bond donors (Lipinski definition) is 0. The highest BCUT2D eigenvalue weighted by Crippen LogP contribution is 2.23. The quantitative estimate of drug-likeness (QED) is 0.657. The number of hydrogen-bond acceptors (Lipinski definition) is 0. The number of benzene rings is 2. The molecule has 0 unspecified atom stereocenters. The molecule has 2 aromatic rings. The fraction of sp³-hybridized carbons (Fsp3) is 0.125. The molecule has 80 valence electrons. The highest BCUT2D eigenvalue weighted by atomic mass is 14.1. The molecule has 0 aromatic heterocycles. The second-order valence-corrected chi connectivity index (χ2v) is 3.91. The maximum absolute atomic E-state index is 3.84. The van der Waals surface area contributed by atoms with Gasteiger partial charge in [0.2, 0.25) is 0 Å². The molecule has 0 heteroatoms. The first-order valence-corrected chi connectivity index (χ1v) is 5.58. The Morgan fingerprint density at radius 2 is 1.62 bits per heavy atom. The molecule has 2 rings (SSSR count). The van der Waals surface area contributed by atoms with Gasteiger partial charge in [0.15, 0.2) is 0 Å². The Labute approximate surface area is 96.9 Å². The molecular formula is C16H16. The molecule has 0 spiro atoms. The van der Waals surface area contributed by atoms with Crippen LogP contribution in [0.4, 0.5) is 0 Å². The van der Waals surface area contributed by atoms with E-state index in [1.54, 1.807) is 0 Å². The number of allylic oxidation sites excluding steroid dienone is 2. The van der Waals surface area contributed by atoms with Gasteiger partial charge >= 0.3 is 0 Å². The monoisotopic (exact) mass is 208 g/mol. The Bertz CT molecular complexity index is 521. The third kappa shape index (κ3) is 1.92. The zero-order valence-electron chi connectivity index (χ0n) is 9.45. The van der Waals surface area contributed by atoms with E-state index in [1.807, 2.05) is 12.2 Å². The molecule has 0 saturated carbocycles. The van der Waals surface area contributed by atoms with Crippen molar-refractivity contribution in [3.63, 3.8) is 0 Å². The van der Waals surface area contributed by atoms with Gasteiger partial charge in [-0.2, -0.15) is 0 Å². The molecule has 0 fully saturated rings. The summed E-state index contributed by atoms with van der Waals surface area (Å²) in [6.07, 6.45) is 5.77. The van der Waals surface area contributed by atoms with Crippen LogP contribution in [0.5, 0.6) is 0 Å².